The van der Waals surface area contributed by atoms with E-state index < -0.39 is 5.41 Å². The van der Waals surface area contributed by atoms with Crippen LogP contribution in [0.2, 0.25) is 0 Å². The molecule has 1 atom stereocenters. The minimum Gasteiger partial charge on any atom is -0.457 e. The minimum absolute atomic E-state index is 0.679. The first kappa shape index (κ1) is 36.5. The fourth-order valence-corrected chi connectivity index (χ4v) is 11.9. The molecule has 0 bridgehead atoms. The van der Waals surface area contributed by atoms with Gasteiger partial charge in [0.2, 0.25) is 0 Å². The Labute approximate surface area is 385 Å². The van der Waals surface area contributed by atoms with E-state index in [4.69, 9.17) is 9.15 Å². The van der Waals surface area contributed by atoms with Crippen LogP contribution in [0.25, 0.3) is 82.1 Å². The van der Waals surface area contributed by atoms with Crippen LogP contribution in [0.3, 0.4) is 0 Å². The second kappa shape index (κ2) is 13.6. The van der Waals surface area contributed by atoms with Gasteiger partial charge in [0, 0.05) is 55.1 Å². The summed E-state index contributed by atoms with van der Waals surface area (Å²) in [4.78, 5) is 2.45. The second-order valence-electron chi connectivity index (χ2n) is 17.9. The highest BCUT2D eigenvalue weighted by atomic mass is 16.5. The Hall–Kier alpha value is -8.86. The second-order valence-corrected chi connectivity index (χ2v) is 17.9. The van der Waals surface area contributed by atoms with Gasteiger partial charge < -0.3 is 18.6 Å². The predicted octanol–water partition coefficient (Wildman–Crippen LogP) is 16.9. The van der Waals surface area contributed by atoms with Gasteiger partial charge in [-0.1, -0.05) is 158 Å². The van der Waals surface area contributed by atoms with Crippen molar-refractivity contribution in [3.63, 3.8) is 0 Å². The van der Waals surface area contributed by atoms with Crippen LogP contribution >= 0.6 is 0 Å². The summed E-state index contributed by atoms with van der Waals surface area (Å²) in [6.07, 6.45) is 0. The first-order chi connectivity index (χ1) is 33.2. The van der Waals surface area contributed by atoms with Crippen LogP contribution < -0.4 is 9.64 Å². The maximum Gasteiger partial charge on any atom is 0.135 e. The molecule has 0 fully saturated rings. The van der Waals surface area contributed by atoms with E-state index in [-0.39, 0.29) is 0 Å². The van der Waals surface area contributed by atoms with Crippen LogP contribution in [0, 0.1) is 0 Å². The lowest BCUT2D eigenvalue weighted by molar-refractivity contribution is 0.435. The molecular formula is C63H38N2O2. The van der Waals surface area contributed by atoms with Crippen LogP contribution in [0.1, 0.15) is 22.3 Å². The molecule has 1 aliphatic carbocycles. The zero-order chi connectivity index (χ0) is 43.8. The first-order valence-electron chi connectivity index (χ1n) is 23.0. The molecule has 1 spiro atoms. The van der Waals surface area contributed by atoms with Gasteiger partial charge in [0.05, 0.1) is 22.1 Å². The SMILES string of the molecule is c1ccc2c(c1)Oc1ccc(N(c3ccc4c5ccccc5n(-c5ccc6oc7ccccc7c6c5)c4c3)c3cccc4ccccc34)cc1C21c2ccccc2-c2cccc3cccc1c23. The number of furan rings is 1. The molecule has 4 nitrogen and oxygen atoms in total. The normalized spacial score (nSPS) is 14.7. The van der Waals surface area contributed by atoms with Crippen molar-refractivity contribution in [1.82, 2.24) is 4.57 Å². The molecule has 2 aromatic heterocycles. The lowest BCUT2D eigenvalue weighted by atomic mass is 9.58. The number of benzene rings is 11. The zero-order valence-corrected chi connectivity index (χ0v) is 36.2. The van der Waals surface area contributed by atoms with Crippen molar-refractivity contribution in [2.24, 2.45) is 0 Å². The van der Waals surface area contributed by atoms with E-state index in [0.717, 1.165) is 78.3 Å². The molecular weight excluding hydrogens is 817 g/mol. The number of ether oxygens (including phenoxy) is 1. The molecule has 15 rings (SSSR count). The Morgan fingerprint density at radius 1 is 0.373 bits per heavy atom. The summed E-state index contributed by atoms with van der Waals surface area (Å²) in [7, 11) is 0. The Morgan fingerprint density at radius 2 is 1.01 bits per heavy atom. The van der Waals surface area contributed by atoms with E-state index in [1.54, 1.807) is 0 Å². The number of anilines is 3. The smallest absolute Gasteiger partial charge is 0.135 e. The average molecular weight is 855 g/mol. The molecule has 3 heterocycles. The zero-order valence-electron chi connectivity index (χ0n) is 36.2. The third kappa shape index (κ3) is 4.96. The molecule has 0 saturated carbocycles. The summed E-state index contributed by atoms with van der Waals surface area (Å²) in [6.45, 7) is 0. The topological polar surface area (TPSA) is 30.5 Å². The van der Waals surface area contributed by atoms with Gasteiger partial charge in [-0.15, -0.1) is 0 Å². The van der Waals surface area contributed by atoms with Gasteiger partial charge >= 0.3 is 0 Å². The van der Waals surface area contributed by atoms with Gasteiger partial charge in [0.1, 0.15) is 22.7 Å². The molecule has 1 unspecified atom stereocenters. The number of para-hydroxylation sites is 3. The molecule has 0 saturated heterocycles. The summed E-state index contributed by atoms with van der Waals surface area (Å²) >= 11 is 0. The summed E-state index contributed by atoms with van der Waals surface area (Å²) in [5, 5.41) is 9.45. The predicted molar refractivity (Wildman–Crippen MR) is 275 cm³/mol. The van der Waals surface area contributed by atoms with E-state index in [1.807, 2.05) is 12.1 Å². The monoisotopic (exact) mass is 854 g/mol. The summed E-state index contributed by atoms with van der Waals surface area (Å²) in [5.41, 5.74) is 14.9. The van der Waals surface area contributed by atoms with Crippen molar-refractivity contribution in [2.75, 3.05) is 4.90 Å². The third-order valence-electron chi connectivity index (χ3n) is 14.6. The quantitative estimate of drug-likeness (QED) is 0.177. The van der Waals surface area contributed by atoms with Crippen molar-refractivity contribution in [1.29, 1.82) is 0 Å². The van der Waals surface area contributed by atoms with Gasteiger partial charge in [0.25, 0.3) is 0 Å². The van der Waals surface area contributed by atoms with E-state index >= 15 is 0 Å². The third-order valence-corrected chi connectivity index (χ3v) is 14.6. The molecule has 0 amide bonds. The summed E-state index contributed by atoms with van der Waals surface area (Å²) < 4.78 is 15.7. The largest absolute Gasteiger partial charge is 0.457 e. The van der Waals surface area contributed by atoms with Gasteiger partial charge in [-0.05, 0) is 111 Å². The van der Waals surface area contributed by atoms with E-state index in [9.17, 15) is 0 Å². The highest BCUT2D eigenvalue weighted by Gasteiger charge is 2.49. The highest BCUT2D eigenvalue weighted by molar-refractivity contribution is 6.12. The first-order valence-corrected chi connectivity index (χ1v) is 23.0. The Balaban J connectivity index is 1.02. The molecule has 4 heteroatoms. The molecule has 312 valence electrons. The maximum atomic E-state index is 7.00. The highest BCUT2D eigenvalue weighted by Crippen LogP contribution is 2.62. The van der Waals surface area contributed by atoms with E-state index in [0.29, 0.717) is 0 Å². The van der Waals surface area contributed by atoms with Gasteiger partial charge in [-0.2, -0.15) is 0 Å². The average Bonchev–Trinajstić information content (AvgIpc) is 3.93. The number of nitrogens with zero attached hydrogens (tertiary/aromatic N) is 2. The van der Waals surface area contributed by atoms with Crippen molar-refractivity contribution < 1.29 is 9.15 Å². The van der Waals surface area contributed by atoms with Crippen molar-refractivity contribution >= 4 is 82.4 Å². The van der Waals surface area contributed by atoms with E-state index in [1.165, 1.54) is 54.6 Å². The van der Waals surface area contributed by atoms with Crippen molar-refractivity contribution in [3.05, 3.63) is 253 Å². The van der Waals surface area contributed by atoms with Crippen LogP contribution in [0.4, 0.5) is 17.1 Å². The molecule has 11 aromatic carbocycles. The lowest BCUT2D eigenvalue weighted by Gasteiger charge is -2.45. The summed E-state index contributed by atoms with van der Waals surface area (Å²) in [6, 6.07) is 84.0. The van der Waals surface area contributed by atoms with Gasteiger partial charge in [-0.25, -0.2) is 0 Å². The lowest BCUT2D eigenvalue weighted by Crippen LogP contribution is -2.36. The number of rotatable bonds is 4. The number of hydrogen-bond acceptors (Lipinski definition) is 3. The molecule has 13 aromatic rings. The number of hydrogen-bond donors (Lipinski definition) is 0. The molecule has 0 radical (unpaired) electrons. The maximum absolute atomic E-state index is 7.00. The molecule has 2 aliphatic rings. The molecule has 67 heavy (non-hydrogen) atoms. The molecule has 0 N–H and O–H groups in total. The van der Waals surface area contributed by atoms with E-state index in [2.05, 4.69) is 228 Å². The summed E-state index contributed by atoms with van der Waals surface area (Å²) in [5.74, 6) is 1.73. The minimum atomic E-state index is -0.679. The molecule has 1 aliphatic heterocycles. The van der Waals surface area contributed by atoms with Crippen molar-refractivity contribution in [3.8, 4) is 28.3 Å². The van der Waals surface area contributed by atoms with Gasteiger partial charge in [0.15, 0.2) is 0 Å². The van der Waals surface area contributed by atoms with Crippen LogP contribution in [-0.2, 0) is 5.41 Å². The number of aromatic nitrogens is 1. The Kier molecular flexibility index (Phi) is 7.40. The Bertz CT molecular complexity index is 4220. The van der Waals surface area contributed by atoms with Crippen LogP contribution in [0.15, 0.2) is 235 Å². The van der Waals surface area contributed by atoms with Crippen LogP contribution in [0.5, 0.6) is 11.5 Å². The Morgan fingerprint density at radius 3 is 1.96 bits per heavy atom. The van der Waals surface area contributed by atoms with Gasteiger partial charge in [-0.3, -0.25) is 0 Å². The fraction of sp³-hybridized carbons (Fsp3) is 0.0159. The van der Waals surface area contributed by atoms with Crippen molar-refractivity contribution in [2.45, 2.75) is 5.41 Å². The van der Waals surface area contributed by atoms with Crippen LogP contribution in [-0.4, -0.2) is 4.57 Å². The fourth-order valence-electron chi connectivity index (χ4n) is 11.9. The number of fused-ring (bicyclic) bond motifs is 15. The standard InChI is InChI=1S/C63H38N2O2/c1-2-18-44-39(14-1)15-13-27-55(44)64(43-30-33-47-46-20-4-8-26-56(46)65(57(47)38-43)41-31-34-59-50(36-41)48-21-5-9-28-58(48)66-59)42-32-35-61-54(37-42)63(52-24-7-10-29-60(52)67-61)51-23-6-3-19-45(51)49-22-11-16-40-17-12-25-53(63)62(40)49/h1-38H.